The number of carbonyl (C=O) groups is 1. The Labute approximate surface area is 155 Å². The minimum atomic E-state index is 0.104. The van der Waals surface area contributed by atoms with E-state index in [0.717, 1.165) is 55.2 Å². The first-order valence-corrected chi connectivity index (χ1v) is 9.32. The van der Waals surface area contributed by atoms with Crippen LogP contribution in [0.25, 0.3) is 11.3 Å². The number of hydrogen-bond donors (Lipinski definition) is 0. The average Bonchev–Trinajstić information content (AvgIpc) is 3.17. The van der Waals surface area contributed by atoms with E-state index in [1.807, 2.05) is 26.1 Å². The Bertz CT molecular complexity index is 763. The van der Waals surface area contributed by atoms with Crippen LogP contribution in [-0.2, 0) is 11.2 Å². The SMILES string of the molecule is CCC(=O)N(C)c1cc(-c2cnc(N3CCN(C)CC3)o2)ccc1CC. The Balaban J connectivity index is 1.86. The van der Waals surface area contributed by atoms with Gasteiger partial charge in [-0.1, -0.05) is 26.0 Å². The Morgan fingerprint density at radius 3 is 2.62 bits per heavy atom. The van der Waals surface area contributed by atoms with Gasteiger partial charge in [0.25, 0.3) is 6.01 Å². The fourth-order valence-electron chi connectivity index (χ4n) is 3.24. The number of anilines is 2. The number of carbonyl (C=O) groups excluding carboxylic acids is 1. The number of nitrogens with zero attached hydrogens (tertiary/aromatic N) is 4. The first kappa shape index (κ1) is 18.5. The minimum absolute atomic E-state index is 0.104. The predicted molar refractivity (Wildman–Crippen MR) is 105 cm³/mol. The van der Waals surface area contributed by atoms with Crippen molar-refractivity contribution in [3.05, 3.63) is 30.0 Å². The highest BCUT2D eigenvalue weighted by Crippen LogP contribution is 2.31. The summed E-state index contributed by atoms with van der Waals surface area (Å²) in [5.41, 5.74) is 3.03. The highest BCUT2D eigenvalue weighted by Gasteiger charge is 2.20. The van der Waals surface area contributed by atoms with E-state index in [1.54, 1.807) is 11.1 Å². The molecule has 0 aliphatic carbocycles. The van der Waals surface area contributed by atoms with Gasteiger partial charge in [0.2, 0.25) is 5.91 Å². The molecule has 1 aromatic carbocycles. The van der Waals surface area contributed by atoms with Crippen LogP contribution in [0.2, 0.25) is 0 Å². The van der Waals surface area contributed by atoms with Crippen molar-refractivity contribution >= 4 is 17.6 Å². The Morgan fingerprint density at radius 2 is 1.96 bits per heavy atom. The second-order valence-corrected chi connectivity index (χ2v) is 6.80. The maximum atomic E-state index is 12.1. The van der Waals surface area contributed by atoms with Crippen molar-refractivity contribution in [1.29, 1.82) is 0 Å². The number of aryl methyl sites for hydroxylation is 1. The summed E-state index contributed by atoms with van der Waals surface area (Å²) in [6, 6.07) is 6.82. The van der Waals surface area contributed by atoms with Crippen LogP contribution in [0.1, 0.15) is 25.8 Å². The van der Waals surface area contributed by atoms with Crippen LogP contribution >= 0.6 is 0 Å². The Hall–Kier alpha value is -2.34. The topological polar surface area (TPSA) is 52.8 Å². The van der Waals surface area contributed by atoms with Gasteiger partial charge >= 0.3 is 0 Å². The average molecular weight is 356 g/mol. The van der Waals surface area contributed by atoms with E-state index < -0.39 is 0 Å². The van der Waals surface area contributed by atoms with E-state index in [0.29, 0.717) is 12.4 Å². The molecule has 0 unspecified atom stereocenters. The molecule has 1 fully saturated rings. The third-order valence-electron chi connectivity index (χ3n) is 5.06. The molecule has 0 N–H and O–H groups in total. The molecule has 0 saturated carbocycles. The second-order valence-electron chi connectivity index (χ2n) is 6.80. The fourth-order valence-corrected chi connectivity index (χ4v) is 3.24. The molecule has 140 valence electrons. The number of likely N-dealkylation sites (N-methyl/N-ethyl adjacent to an activating group) is 1. The zero-order valence-corrected chi connectivity index (χ0v) is 16.2. The van der Waals surface area contributed by atoms with Crippen LogP contribution in [0.3, 0.4) is 0 Å². The molecule has 6 nitrogen and oxygen atoms in total. The van der Waals surface area contributed by atoms with Gasteiger partial charge in [-0.2, -0.15) is 0 Å². The summed E-state index contributed by atoms with van der Waals surface area (Å²) in [4.78, 5) is 22.8. The maximum absolute atomic E-state index is 12.1. The molecule has 1 saturated heterocycles. The van der Waals surface area contributed by atoms with Gasteiger partial charge in [-0.05, 0) is 25.1 Å². The van der Waals surface area contributed by atoms with Gasteiger partial charge in [0.15, 0.2) is 5.76 Å². The highest BCUT2D eigenvalue weighted by atomic mass is 16.4. The van der Waals surface area contributed by atoms with Crippen molar-refractivity contribution in [3.63, 3.8) is 0 Å². The summed E-state index contributed by atoms with van der Waals surface area (Å²) >= 11 is 0. The zero-order chi connectivity index (χ0) is 18.7. The number of aromatic nitrogens is 1. The molecule has 2 heterocycles. The van der Waals surface area contributed by atoms with E-state index in [2.05, 4.69) is 34.8 Å². The van der Waals surface area contributed by atoms with Crippen molar-refractivity contribution in [1.82, 2.24) is 9.88 Å². The smallest absolute Gasteiger partial charge is 0.297 e. The molecule has 1 aromatic heterocycles. The van der Waals surface area contributed by atoms with Crippen LogP contribution < -0.4 is 9.80 Å². The molecule has 0 spiro atoms. The Kier molecular flexibility index (Phi) is 5.61. The molecule has 1 aliphatic heterocycles. The number of benzene rings is 1. The summed E-state index contributed by atoms with van der Waals surface area (Å²) in [7, 11) is 3.96. The molecule has 0 atom stereocenters. The summed E-state index contributed by atoms with van der Waals surface area (Å²) in [6.45, 7) is 7.85. The lowest BCUT2D eigenvalue weighted by Gasteiger charge is -2.31. The second kappa shape index (κ2) is 7.91. The van der Waals surface area contributed by atoms with E-state index in [1.165, 1.54) is 0 Å². The molecule has 26 heavy (non-hydrogen) atoms. The van der Waals surface area contributed by atoms with Gasteiger partial charge in [-0.3, -0.25) is 4.79 Å². The summed E-state index contributed by atoms with van der Waals surface area (Å²) < 4.78 is 6.03. The number of piperazine rings is 1. The van der Waals surface area contributed by atoms with Gasteiger partial charge in [0.1, 0.15) is 0 Å². The molecule has 1 amide bonds. The summed E-state index contributed by atoms with van der Waals surface area (Å²) in [5.74, 6) is 0.840. The van der Waals surface area contributed by atoms with Crippen LogP contribution in [0.4, 0.5) is 11.7 Å². The number of rotatable bonds is 5. The van der Waals surface area contributed by atoms with Crippen LogP contribution in [0.5, 0.6) is 0 Å². The van der Waals surface area contributed by atoms with Gasteiger partial charge in [0.05, 0.1) is 6.20 Å². The summed E-state index contributed by atoms with van der Waals surface area (Å²) in [5, 5.41) is 0. The van der Waals surface area contributed by atoms with Gasteiger partial charge in [-0.25, -0.2) is 4.98 Å². The fraction of sp³-hybridized carbons (Fsp3) is 0.500. The van der Waals surface area contributed by atoms with Gasteiger partial charge in [-0.15, -0.1) is 0 Å². The first-order chi connectivity index (χ1) is 12.5. The normalized spacial score (nSPS) is 15.3. The number of hydrogen-bond acceptors (Lipinski definition) is 5. The van der Waals surface area contributed by atoms with E-state index in [4.69, 9.17) is 4.42 Å². The van der Waals surface area contributed by atoms with E-state index in [9.17, 15) is 4.79 Å². The monoisotopic (exact) mass is 356 g/mol. The van der Waals surface area contributed by atoms with E-state index >= 15 is 0 Å². The highest BCUT2D eigenvalue weighted by molar-refractivity contribution is 5.94. The van der Waals surface area contributed by atoms with Crippen molar-refractivity contribution in [2.75, 3.05) is 50.1 Å². The van der Waals surface area contributed by atoms with Crippen molar-refractivity contribution in [2.24, 2.45) is 0 Å². The van der Waals surface area contributed by atoms with Gasteiger partial charge < -0.3 is 19.1 Å². The van der Waals surface area contributed by atoms with Crippen molar-refractivity contribution in [3.8, 4) is 11.3 Å². The largest absolute Gasteiger partial charge is 0.423 e. The lowest BCUT2D eigenvalue weighted by atomic mass is 10.0. The molecule has 6 heteroatoms. The van der Waals surface area contributed by atoms with Crippen LogP contribution in [0.15, 0.2) is 28.8 Å². The summed E-state index contributed by atoms with van der Waals surface area (Å²) in [6.07, 6.45) is 3.14. The molecule has 0 bridgehead atoms. The van der Waals surface area contributed by atoms with Crippen LogP contribution in [-0.4, -0.2) is 56.1 Å². The molecule has 1 aliphatic rings. The minimum Gasteiger partial charge on any atom is -0.423 e. The Morgan fingerprint density at radius 1 is 1.23 bits per heavy atom. The molecule has 3 rings (SSSR count). The molecule has 0 radical (unpaired) electrons. The lowest BCUT2D eigenvalue weighted by molar-refractivity contribution is -0.118. The lowest BCUT2D eigenvalue weighted by Crippen LogP contribution is -2.44. The van der Waals surface area contributed by atoms with Gasteiger partial charge in [0, 0.05) is 50.9 Å². The van der Waals surface area contributed by atoms with Crippen LogP contribution in [0, 0.1) is 0 Å². The molecular formula is C20H28N4O2. The first-order valence-electron chi connectivity index (χ1n) is 9.32. The van der Waals surface area contributed by atoms with Crippen molar-refractivity contribution in [2.45, 2.75) is 26.7 Å². The quantitative estimate of drug-likeness (QED) is 0.824. The zero-order valence-electron chi connectivity index (χ0n) is 16.2. The number of oxazole rings is 1. The third-order valence-corrected chi connectivity index (χ3v) is 5.06. The molecule has 2 aromatic rings. The van der Waals surface area contributed by atoms with E-state index in [-0.39, 0.29) is 5.91 Å². The third kappa shape index (κ3) is 3.75. The standard InChI is InChI=1S/C20H28N4O2/c1-5-15-7-8-16(13-17(15)23(4)19(25)6-2)18-14-21-20(26-18)24-11-9-22(3)10-12-24/h7-8,13-14H,5-6,9-12H2,1-4H3. The predicted octanol–water partition coefficient (Wildman–Crippen LogP) is 3.03. The van der Waals surface area contributed by atoms with Crippen molar-refractivity contribution < 1.29 is 9.21 Å². The maximum Gasteiger partial charge on any atom is 0.297 e. The number of amides is 1. The molecular weight excluding hydrogens is 328 g/mol.